The van der Waals surface area contributed by atoms with Crippen molar-refractivity contribution in [2.75, 3.05) is 24.7 Å². The summed E-state index contributed by atoms with van der Waals surface area (Å²) in [5, 5.41) is 0. The molecule has 0 spiro atoms. The van der Waals surface area contributed by atoms with Gasteiger partial charge in [0.15, 0.2) is 0 Å². The highest BCUT2D eigenvalue weighted by atomic mass is 32.2. The molecule has 0 saturated carbocycles. The third-order valence-electron chi connectivity index (χ3n) is 1.20. The van der Waals surface area contributed by atoms with Crippen LogP contribution in [0.5, 0.6) is 0 Å². The van der Waals surface area contributed by atoms with Gasteiger partial charge in [0, 0.05) is 0 Å². The summed E-state index contributed by atoms with van der Waals surface area (Å²) in [6, 6.07) is 0. The van der Waals surface area contributed by atoms with Crippen molar-refractivity contribution in [3.8, 4) is 12.3 Å². The van der Waals surface area contributed by atoms with Gasteiger partial charge in [-0.15, -0.1) is 6.42 Å². The monoisotopic (exact) mass is 256 g/mol. The molecule has 6 nitrogen and oxygen atoms in total. The molecule has 0 aliphatic heterocycles. The Bertz CT molecular complexity index is 413. The van der Waals surface area contributed by atoms with Gasteiger partial charge in [-0.05, 0) is 6.92 Å². The molecule has 0 radical (unpaired) electrons. The third kappa shape index (κ3) is 7.33. The quantitative estimate of drug-likeness (QED) is 0.443. The molecule has 15 heavy (non-hydrogen) atoms. The highest BCUT2D eigenvalue weighted by Gasteiger charge is 2.18. The summed E-state index contributed by atoms with van der Waals surface area (Å²) in [7, 11) is -7.70. The van der Waals surface area contributed by atoms with E-state index in [1.165, 1.54) is 6.92 Å². The highest BCUT2D eigenvalue weighted by molar-refractivity contribution is 7.90. The SMILES string of the molecule is C#CCOS(=O)(=O)CCS(=O)(=O)OCC. The number of terminal acetylenes is 1. The molecule has 0 saturated heterocycles. The van der Waals surface area contributed by atoms with Gasteiger partial charge >= 0.3 is 0 Å². The first-order valence-corrected chi connectivity index (χ1v) is 7.16. The zero-order valence-electron chi connectivity index (χ0n) is 8.17. The zero-order valence-corrected chi connectivity index (χ0v) is 9.80. The van der Waals surface area contributed by atoms with Crippen LogP contribution in [0.1, 0.15) is 6.92 Å². The van der Waals surface area contributed by atoms with Gasteiger partial charge in [-0.1, -0.05) is 5.92 Å². The van der Waals surface area contributed by atoms with Gasteiger partial charge in [-0.3, -0.25) is 8.37 Å². The molecule has 0 aliphatic carbocycles. The van der Waals surface area contributed by atoms with E-state index in [2.05, 4.69) is 8.37 Å². The first kappa shape index (κ1) is 14.4. The van der Waals surface area contributed by atoms with Crippen molar-refractivity contribution < 1.29 is 25.2 Å². The predicted molar refractivity (Wildman–Crippen MR) is 54.0 cm³/mol. The fourth-order valence-electron chi connectivity index (χ4n) is 0.625. The molecule has 0 heterocycles. The van der Waals surface area contributed by atoms with Crippen LogP contribution < -0.4 is 0 Å². The fraction of sp³-hybridized carbons (Fsp3) is 0.714. The minimum Gasteiger partial charge on any atom is -0.270 e. The van der Waals surface area contributed by atoms with Crippen LogP contribution in [0.4, 0.5) is 0 Å². The second-order valence-corrected chi connectivity index (χ2v) is 5.92. The van der Waals surface area contributed by atoms with Gasteiger partial charge in [-0.25, -0.2) is 0 Å². The summed E-state index contributed by atoms with van der Waals surface area (Å²) < 4.78 is 52.6. The largest absolute Gasteiger partial charge is 0.270 e. The molecule has 8 heteroatoms. The Kier molecular flexibility index (Phi) is 5.82. The maximum Gasteiger partial charge on any atom is 0.269 e. The van der Waals surface area contributed by atoms with Crippen LogP contribution in [0.2, 0.25) is 0 Å². The van der Waals surface area contributed by atoms with E-state index in [9.17, 15) is 16.8 Å². The van der Waals surface area contributed by atoms with E-state index in [0.717, 1.165) is 0 Å². The third-order valence-corrected chi connectivity index (χ3v) is 3.94. The van der Waals surface area contributed by atoms with Crippen molar-refractivity contribution in [1.29, 1.82) is 0 Å². The van der Waals surface area contributed by atoms with Crippen molar-refractivity contribution in [3.05, 3.63) is 0 Å². The van der Waals surface area contributed by atoms with E-state index in [0.29, 0.717) is 0 Å². The van der Waals surface area contributed by atoms with E-state index in [4.69, 9.17) is 6.42 Å². The van der Waals surface area contributed by atoms with Gasteiger partial charge in [-0.2, -0.15) is 16.8 Å². The highest BCUT2D eigenvalue weighted by Crippen LogP contribution is 1.98. The molecular weight excluding hydrogens is 244 g/mol. The van der Waals surface area contributed by atoms with E-state index < -0.39 is 38.3 Å². The summed E-state index contributed by atoms with van der Waals surface area (Å²) in [5.41, 5.74) is 0. The molecule has 0 rings (SSSR count). The van der Waals surface area contributed by atoms with Gasteiger partial charge in [0.1, 0.15) is 6.61 Å². The van der Waals surface area contributed by atoms with Crippen molar-refractivity contribution in [2.45, 2.75) is 6.92 Å². The maximum absolute atomic E-state index is 11.0. The zero-order chi connectivity index (χ0) is 11.9. The standard InChI is InChI=1S/C7H12O6S2/c1-3-5-13-15(10,11)7-6-14(8,9)12-4-2/h1H,4-7H2,2H3. The lowest BCUT2D eigenvalue weighted by Gasteiger charge is -2.03. The molecule has 88 valence electrons. The molecule has 0 N–H and O–H groups in total. The van der Waals surface area contributed by atoms with E-state index in [-0.39, 0.29) is 6.61 Å². The molecule has 0 bridgehead atoms. The second-order valence-electron chi connectivity index (χ2n) is 2.40. The number of hydrogen-bond acceptors (Lipinski definition) is 6. The average Bonchev–Trinajstić information content (AvgIpc) is 2.12. The molecule has 0 aromatic heterocycles. The van der Waals surface area contributed by atoms with E-state index in [1.54, 1.807) is 0 Å². The molecule has 0 fully saturated rings. The van der Waals surface area contributed by atoms with Crippen molar-refractivity contribution >= 4 is 20.2 Å². The van der Waals surface area contributed by atoms with Gasteiger partial charge in [0.2, 0.25) is 0 Å². The smallest absolute Gasteiger partial charge is 0.269 e. The Labute approximate surface area is 89.8 Å². The molecule has 0 unspecified atom stereocenters. The second kappa shape index (κ2) is 6.07. The van der Waals surface area contributed by atoms with Crippen molar-refractivity contribution in [1.82, 2.24) is 0 Å². The lowest BCUT2D eigenvalue weighted by atomic mass is 10.8. The average molecular weight is 256 g/mol. The Morgan fingerprint density at radius 2 is 1.53 bits per heavy atom. The van der Waals surface area contributed by atoms with Crippen molar-refractivity contribution in [2.24, 2.45) is 0 Å². The first-order valence-electron chi connectivity index (χ1n) is 4.00. The summed E-state index contributed by atoms with van der Waals surface area (Å²) in [6.45, 7) is 1.05. The molecular formula is C7H12O6S2. The van der Waals surface area contributed by atoms with Gasteiger partial charge < -0.3 is 0 Å². The fourth-order valence-corrected chi connectivity index (χ4v) is 3.10. The molecule has 0 atom stereocenters. The minimum absolute atomic E-state index is 0.0341. The minimum atomic E-state index is -3.90. The van der Waals surface area contributed by atoms with Gasteiger partial charge in [0.05, 0.1) is 18.1 Å². The van der Waals surface area contributed by atoms with Crippen LogP contribution in [-0.4, -0.2) is 41.6 Å². The van der Waals surface area contributed by atoms with E-state index >= 15 is 0 Å². The molecule has 0 amide bonds. The Morgan fingerprint density at radius 1 is 1.07 bits per heavy atom. The number of hydrogen-bond donors (Lipinski definition) is 0. The first-order chi connectivity index (χ1) is 6.83. The predicted octanol–water partition coefficient (Wildman–Crippen LogP) is -0.668. The summed E-state index contributed by atoms with van der Waals surface area (Å²) in [6.07, 6.45) is 4.78. The topological polar surface area (TPSA) is 86.7 Å². The Balaban J connectivity index is 4.22. The van der Waals surface area contributed by atoms with Crippen LogP contribution in [0.3, 0.4) is 0 Å². The van der Waals surface area contributed by atoms with E-state index in [1.807, 2.05) is 5.92 Å². The van der Waals surface area contributed by atoms with Crippen LogP contribution in [-0.2, 0) is 28.6 Å². The molecule has 0 aromatic rings. The Morgan fingerprint density at radius 3 is 1.93 bits per heavy atom. The number of rotatable bonds is 7. The van der Waals surface area contributed by atoms with Crippen molar-refractivity contribution in [3.63, 3.8) is 0 Å². The molecule has 0 aliphatic rings. The molecule has 0 aromatic carbocycles. The lowest BCUT2D eigenvalue weighted by Crippen LogP contribution is -2.20. The summed E-state index contributed by atoms with van der Waals surface area (Å²) in [4.78, 5) is 0. The maximum atomic E-state index is 11.0. The van der Waals surface area contributed by atoms with Crippen LogP contribution in [0.15, 0.2) is 0 Å². The van der Waals surface area contributed by atoms with Crippen LogP contribution in [0, 0.1) is 12.3 Å². The lowest BCUT2D eigenvalue weighted by molar-refractivity contribution is 0.337. The van der Waals surface area contributed by atoms with Crippen LogP contribution >= 0.6 is 0 Å². The Hall–Kier alpha value is -0.620. The van der Waals surface area contributed by atoms with Gasteiger partial charge in [0.25, 0.3) is 20.2 Å². The summed E-state index contributed by atoms with van der Waals surface area (Å²) in [5.74, 6) is 0.649. The normalized spacial score (nSPS) is 12.3. The van der Waals surface area contributed by atoms with Crippen LogP contribution in [0.25, 0.3) is 0 Å². The summed E-state index contributed by atoms with van der Waals surface area (Å²) >= 11 is 0.